The molecule has 0 saturated carbocycles. The first-order chi connectivity index (χ1) is 6.21. The number of hydrogen-bond acceptors (Lipinski definition) is 5. The minimum absolute atomic E-state index is 0. The van der Waals surface area contributed by atoms with Crippen LogP contribution in [0.4, 0.5) is 0 Å². The molecule has 5 nitrogen and oxygen atoms in total. The summed E-state index contributed by atoms with van der Waals surface area (Å²) >= 11 is 0. The zero-order valence-electron chi connectivity index (χ0n) is 8.84. The Morgan fingerprint density at radius 3 is 2.00 bits per heavy atom. The van der Waals surface area contributed by atoms with Crippen LogP contribution in [0.25, 0.3) is 0 Å². The van der Waals surface area contributed by atoms with E-state index in [-0.39, 0.29) is 35.3 Å². The zero-order chi connectivity index (χ0) is 11.2. The van der Waals surface area contributed by atoms with Crippen LogP contribution in [0, 0.1) is 0 Å². The summed E-state index contributed by atoms with van der Waals surface area (Å²) in [6, 6.07) is 0. The molecule has 9 heteroatoms. The predicted molar refractivity (Wildman–Crippen MR) is 63.3 cm³/mol. The summed E-state index contributed by atoms with van der Waals surface area (Å²) in [6.07, 6.45) is 2.73. The Kier molecular flexibility index (Phi) is 10.3. The van der Waals surface area contributed by atoms with Crippen LogP contribution in [-0.2, 0) is 19.0 Å². The molecule has 0 unspecified atom stereocenters. The molecule has 0 amide bonds. The molecule has 0 heterocycles. The smallest absolute Gasteiger partial charge is 0.264 e. The van der Waals surface area contributed by atoms with E-state index in [1.807, 2.05) is 0 Å². The molecule has 0 aliphatic heterocycles. The van der Waals surface area contributed by atoms with Gasteiger partial charge in [0.2, 0.25) is 0 Å². The Bertz CT molecular complexity index is 311. The van der Waals surface area contributed by atoms with E-state index in [4.69, 9.17) is 4.55 Å². The van der Waals surface area contributed by atoms with E-state index in [1.165, 1.54) is 0 Å². The normalized spacial score (nSPS) is 12.1. The molecule has 0 spiro atoms. The molecule has 15 heavy (non-hydrogen) atoms. The molecular formula is C6H14NaO5S3. The maximum Gasteiger partial charge on any atom is 0.264 e. The summed E-state index contributed by atoms with van der Waals surface area (Å²) in [6.45, 7) is 0. The van der Waals surface area contributed by atoms with Crippen LogP contribution in [0.5, 0.6) is 0 Å². The topological polar surface area (TPSA) is 88.5 Å². The van der Waals surface area contributed by atoms with Gasteiger partial charge in [-0.25, -0.2) is 8.42 Å². The van der Waals surface area contributed by atoms with Crippen LogP contribution in [0.2, 0.25) is 0 Å². The van der Waals surface area contributed by atoms with Crippen molar-refractivity contribution in [3.8, 4) is 0 Å². The SMILES string of the molecule is CS(=O)(=O)SCCCCCS(=O)(=O)O.[Na]. The van der Waals surface area contributed by atoms with Gasteiger partial charge in [0.05, 0.1) is 5.75 Å². The molecule has 0 saturated heterocycles. The van der Waals surface area contributed by atoms with Gasteiger partial charge in [-0.2, -0.15) is 8.42 Å². The monoisotopic (exact) mass is 285 g/mol. The summed E-state index contributed by atoms with van der Waals surface area (Å²) in [7, 11) is -6.00. The Balaban J connectivity index is 0. The average Bonchev–Trinajstić information content (AvgIpc) is 1.92. The van der Waals surface area contributed by atoms with Gasteiger partial charge in [-0.15, -0.1) is 0 Å². The maximum atomic E-state index is 10.7. The van der Waals surface area contributed by atoms with Crippen LogP contribution in [0.1, 0.15) is 19.3 Å². The van der Waals surface area contributed by atoms with Gasteiger partial charge in [-0.1, -0.05) is 6.42 Å². The summed E-state index contributed by atoms with van der Waals surface area (Å²) < 4.78 is 50.2. The van der Waals surface area contributed by atoms with Crippen LogP contribution in [-0.4, -0.2) is 68.7 Å². The van der Waals surface area contributed by atoms with Crippen molar-refractivity contribution in [1.29, 1.82) is 0 Å². The van der Waals surface area contributed by atoms with E-state index < -0.39 is 19.0 Å². The van der Waals surface area contributed by atoms with Gasteiger partial charge in [-0.05, 0) is 23.6 Å². The average molecular weight is 285 g/mol. The summed E-state index contributed by atoms with van der Waals surface area (Å²) in [4.78, 5) is 0. The van der Waals surface area contributed by atoms with Crippen molar-refractivity contribution < 1.29 is 21.4 Å². The third-order valence-corrected chi connectivity index (χ3v) is 4.82. The van der Waals surface area contributed by atoms with Gasteiger partial charge in [0.25, 0.3) is 10.1 Å². The van der Waals surface area contributed by atoms with Crippen molar-refractivity contribution in [3.05, 3.63) is 0 Å². The Labute approximate surface area is 117 Å². The molecule has 0 aromatic heterocycles. The van der Waals surface area contributed by atoms with E-state index in [1.54, 1.807) is 0 Å². The second kappa shape index (κ2) is 8.32. The molecule has 0 aromatic rings. The quantitative estimate of drug-likeness (QED) is 0.314. The van der Waals surface area contributed by atoms with Gasteiger partial charge in [0.15, 0.2) is 8.87 Å². The molecule has 0 bridgehead atoms. The molecule has 0 fully saturated rings. The number of hydrogen-bond donors (Lipinski definition) is 1. The Morgan fingerprint density at radius 2 is 1.60 bits per heavy atom. The maximum absolute atomic E-state index is 10.7. The minimum atomic E-state index is -3.86. The van der Waals surface area contributed by atoms with Crippen molar-refractivity contribution in [3.63, 3.8) is 0 Å². The molecule has 87 valence electrons. The molecule has 0 aromatic carbocycles. The first-order valence-corrected chi connectivity index (χ1v) is 9.00. The number of unbranched alkanes of at least 4 members (excludes halogenated alkanes) is 2. The largest absolute Gasteiger partial charge is 0.286 e. The second-order valence-electron chi connectivity index (χ2n) is 2.87. The van der Waals surface area contributed by atoms with Crippen molar-refractivity contribution in [2.75, 3.05) is 17.8 Å². The van der Waals surface area contributed by atoms with Gasteiger partial charge < -0.3 is 0 Å². The fourth-order valence-corrected chi connectivity index (χ4v) is 3.23. The molecule has 0 aliphatic rings. The molecule has 0 rings (SSSR count). The summed E-state index contributed by atoms with van der Waals surface area (Å²) in [5, 5.41) is 0. The van der Waals surface area contributed by atoms with E-state index in [2.05, 4.69) is 0 Å². The Hall–Kier alpha value is 1.21. The summed E-state index contributed by atoms with van der Waals surface area (Å²) in [5.41, 5.74) is 0. The van der Waals surface area contributed by atoms with Crippen molar-refractivity contribution in [2.45, 2.75) is 19.3 Å². The van der Waals surface area contributed by atoms with Gasteiger partial charge in [0, 0.05) is 41.6 Å². The molecule has 0 aliphatic carbocycles. The Morgan fingerprint density at radius 1 is 1.07 bits per heavy atom. The van der Waals surface area contributed by atoms with E-state index in [9.17, 15) is 16.8 Å². The second-order valence-corrected chi connectivity index (χ2v) is 9.02. The van der Waals surface area contributed by atoms with Crippen molar-refractivity contribution >= 4 is 59.3 Å². The van der Waals surface area contributed by atoms with Crippen LogP contribution >= 0.6 is 10.8 Å². The van der Waals surface area contributed by atoms with Gasteiger partial charge in [-0.3, -0.25) is 4.55 Å². The molecule has 1 N–H and O–H groups in total. The fourth-order valence-electron chi connectivity index (χ4n) is 0.774. The van der Waals surface area contributed by atoms with E-state index in [0.717, 1.165) is 17.0 Å². The first-order valence-electron chi connectivity index (χ1n) is 4.00. The number of rotatable bonds is 7. The van der Waals surface area contributed by atoms with Gasteiger partial charge >= 0.3 is 0 Å². The minimum Gasteiger partial charge on any atom is -0.286 e. The standard InChI is InChI=1S/C6H14O5S3.Na/c1-13(7,8)12-5-3-2-4-6-14(9,10)11;/h2-6H2,1H3,(H,9,10,11);. The third kappa shape index (κ3) is 17.8. The molecule has 0 atom stereocenters. The van der Waals surface area contributed by atoms with Crippen molar-refractivity contribution in [2.24, 2.45) is 0 Å². The predicted octanol–water partition coefficient (Wildman–Crippen LogP) is 0.356. The fraction of sp³-hybridized carbons (Fsp3) is 1.00. The van der Waals surface area contributed by atoms with Crippen LogP contribution < -0.4 is 0 Å². The van der Waals surface area contributed by atoms with Crippen molar-refractivity contribution in [1.82, 2.24) is 0 Å². The third-order valence-electron chi connectivity index (χ3n) is 1.34. The van der Waals surface area contributed by atoms with Gasteiger partial charge in [0.1, 0.15) is 0 Å². The molecular weight excluding hydrogens is 271 g/mol. The van der Waals surface area contributed by atoms with E-state index in [0.29, 0.717) is 25.0 Å². The molecule has 1 radical (unpaired) electrons. The van der Waals surface area contributed by atoms with Crippen LogP contribution in [0.15, 0.2) is 0 Å². The van der Waals surface area contributed by atoms with E-state index >= 15 is 0 Å². The zero-order valence-corrected chi connectivity index (χ0v) is 13.3. The van der Waals surface area contributed by atoms with Crippen LogP contribution in [0.3, 0.4) is 0 Å². The first kappa shape index (κ1) is 18.6. The summed E-state index contributed by atoms with van der Waals surface area (Å²) in [5.74, 6) is 0.209.